The lowest BCUT2D eigenvalue weighted by Crippen LogP contribution is -2.40. The van der Waals surface area contributed by atoms with Gasteiger partial charge in [-0.25, -0.2) is 12.7 Å². The Balaban J connectivity index is 1.95. The summed E-state index contributed by atoms with van der Waals surface area (Å²) < 4.78 is 29.4. The lowest BCUT2D eigenvalue weighted by Gasteiger charge is -2.29. The van der Waals surface area contributed by atoms with Crippen molar-refractivity contribution in [2.24, 2.45) is 5.92 Å². The summed E-state index contributed by atoms with van der Waals surface area (Å²) in [7, 11) is -1.65. The number of carbonyl (C=O) groups excluding carboxylic acids is 1. The van der Waals surface area contributed by atoms with Gasteiger partial charge in [0.25, 0.3) is 0 Å². The molecule has 7 nitrogen and oxygen atoms in total. The molecule has 0 atom stereocenters. The second kappa shape index (κ2) is 6.53. The molecule has 0 bridgehead atoms. The van der Waals surface area contributed by atoms with Crippen LogP contribution in [-0.4, -0.2) is 45.1 Å². The number of piperidine rings is 1. The van der Waals surface area contributed by atoms with E-state index in [2.05, 4.69) is 5.32 Å². The Kier molecular flexibility index (Phi) is 4.92. The maximum absolute atomic E-state index is 12.2. The molecule has 0 saturated carbocycles. The van der Waals surface area contributed by atoms with Crippen LogP contribution >= 0.6 is 0 Å². The Morgan fingerprint density at radius 2 is 2.00 bits per heavy atom. The molecule has 122 valence electrons. The SMILES string of the molecule is COc1ccc(NC(=O)C2CCN(S(C)(=O)=O)CC2)cc1N. The number of nitrogens with zero attached hydrogens (tertiary/aromatic N) is 1. The topological polar surface area (TPSA) is 102 Å². The van der Waals surface area contributed by atoms with Crippen molar-refractivity contribution in [1.29, 1.82) is 0 Å². The highest BCUT2D eigenvalue weighted by Crippen LogP contribution is 2.26. The Hall–Kier alpha value is -1.80. The number of nitrogens with one attached hydrogen (secondary N) is 1. The van der Waals surface area contributed by atoms with Crippen molar-refractivity contribution in [3.63, 3.8) is 0 Å². The minimum absolute atomic E-state index is 0.113. The number of benzene rings is 1. The highest BCUT2D eigenvalue weighted by atomic mass is 32.2. The van der Waals surface area contributed by atoms with E-state index < -0.39 is 10.0 Å². The Morgan fingerprint density at radius 3 is 2.50 bits per heavy atom. The van der Waals surface area contributed by atoms with Gasteiger partial charge in [0.05, 0.1) is 19.1 Å². The third-order valence-corrected chi connectivity index (χ3v) is 5.09. The molecule has 1 heterocycles. The van der Waals surface area contributed by atoms with Crippen molar-refractivity contribution in [3.05, 3.63) is 18.2 Å². The summed E-state index contributed by atoms with van der Waals surface area (Å²) in [6.45, 7) is 0.753. The van der Waals surface area contributed by atoms with E-state index in [1.165, 1.54) is 17.7 Å². The van der Waals surface area contributed by atoms with Gasteiger partial charge in [0.2, 0.25) is 15.9 Å². The molecule has 0 unspecified atom stereocenters. The summed E-state index contributed by atoms with van der Waals surface area (Å²) in [4.78, 5) is 12.2. The smallest absolute Gasteiger partial charge is 0.227 e. The molecule has 8 heteroatoms. The predicted molar refractivity (Wildman–Crippen MR) is 85.2 cm³/mol. The maximum atomic E-state index is 12.2. The second-order valence-electron chi connectivity index (χ2n) is 5.38. The number of ether oxygens (including phenoxy) is 1. The van der Waals surface area contributed by atoms with E-state index in [9.17, 15) is 13.2 Å². The van der Waals surface area contributed by atoms with Crippen LogP contribution in [-0.2, 0) is 14.8 Å². The van der Waals surface area contributed by atoms with Crippen LogP contribution in [0, 0.1) is 5.92 Å². The van der Waals surface area contributed by atoms with Crippen LogP contribution in [0.3, 0.4) is 0 Å². The van der Waals surface area contributed by atoms with Crippen LogP contribution in [0.25, 0.3) is 0 Å². The molecular weight excluding hydrogens is 306 g/mol. The van der Waals surface area contributed by atoms with Gasteiger partial charge in [-0.2, -0.15) is 0 Å². The van der Waals surface area contributed by atoms with Crippen molar-refractivity contribution in [1.82, 2.24) is 4.31 Å². The molecule has 1 aliphatic heterocycles. The van der Waals surface area contributed by atoms with Gasteiger partial charge in [0.1, 0.15) is 5.75 Å². The normalized spacial score (nSPS) is 17.2. The van der Waals surface area contributed by atoms with E-state index in [-0.39, 0.29) is 11.8 Å². The summed E-state index contributed by atoms with van der Waals surface area (Å²) >= 11 is 0. The van der Waals surface area contributed by atoms with Gasteiger partial charge in [0, 0.05) is 24.7 Å². The van der Waals surface area contributed by atoms with Crippen LogP contribution in [0.2, 0.25) is 0 Å². The summed E-state index contributed by atoms with van der Waals surface area (Å²) in [5.74, 6) is 0.249. The number of nitrogens with two attached hydrogens (primary N) is 1. The zero-order valence-corrected chi connectivity index (χ0v) is 13.5. The highest BCUT2D eigenvalue weighted by molar-refractivity contribution is 7.88. The predicted octanol–water partition coefficient (Wildman–Crippen LogP) is 0.887. The van der Waals surface area contributed by atoms with E-state index in [1.807, 2.05) is 0 Å². The average molecular weight is 327 g/mol. The third-order valence-electron chi connectivity index (χ3n) is 3.79. The molecule has 1 saturated heterocycles. The number of carbonyl (C=O) groups is 1. The summed E-state index contributed by atoms with van der Waals surface area (Å²) in [5, 5.41) is 2.81. The molecule has 22 heavy (non-hydrogen) atoms. The molecule has 0 aromatic heterocycles. The molecule has 2 rings (SSSR count). The Morgan fingerprint density at radius 1 is 1.36 bits per heavy atom. The molecule has 1 aromatic carbocycles. The molecule has 0 spiro atoms. The number of sulfonamides is 1. The fourth-order valence-corrected chi connectivity index (χ4v) is 3.38. The van der Waals surface area contributed by atoms with Gasteiger partial charge in [-0.1, -0.05) is 0 Å². The van der Waals surface area contributed by atoms with Crippen LogP contribution in [0.4, 0.5) is 11.4 Å². The quantitative estimate of drug-likeness (QED) is 0.800. The van der Waals surface area contributed by atoms with Crippen molar-refractivity contribution in [2.75, 3.05) is 37.5 Å². The van der Waals surface area contributed by atoms with Gasteiger partial charge in [-0.15, -0.1) is 0 Å². The number of methoxy groups -OCH3 is 1. The maximum Gasteiger partial charge on any atom is 0.227 e. The molecule has 1 amide bonds. The van der Waals surface area contributed by atoms with Gasteiger partial charge >= 0.3 is 0 Å². The van der Waals surface area contributed by atoms with Gasteiger partial charge < -0.3 is 15.8 Å². The zero-order chi connectivity index (χ0) is 16.3. The number of hydrogen-bond acceptors (Lipinski definition) is 5. The number of rotatable bonds is 4. The highest BCUT2D eigenvalue weighted by Gasteiger charge is 2.28. The average Bonchev–Trinajstić information content (AvgIpc) is 2.46. The van der Waals surface area contributed by atoms with Crippen LogP contribution < -0.4 is 15.8 Å². The summed E-state index contributed by atoms with van der Waals surface area (Å²) in [5.41, 5.74) is 6.86. The zero-order valence-electron chi connectivity index (χ0n) is 12.7. The van der Waals surface area contributed by atoms with E-state index in [0.717, 1.165) is 0 Å². The molecule has 0 aliphatic carbocycles. The van der Waals surface area contributed by atoms with Crippen molar-refractivity contribution in [3.8, 4) is 5.75 Å². The first-order valence-electron chi connectivity index (χ1n) is 7.00. The molecular formula is C14H21N3O4S. The molecule has 3 N–H and O–H groups in total. The lowest BCUT2D eigenvalue weighted by atomic mass is 9.97. The van der Waals surface area contributed by atoms with E-state index >= 15 is 0 Å². The number of nitrogen functional groups attached to an aromatic ring is 1. The van der Waals surface area contributed by atoms with Crippen molar-refractivity contribution < 1.29 is 17.9 Å². The first-order valence-corrected chi connectivity index (χ1v) is 8.85. The van der Waals surface area contributed by atoms with Gasteiger partial charge in [0.15, 0.2) is 0 Å². The monoisotopic (exact) mass is 327 g/mol. The lowest BCUT2D eigenvalue weighted by molar-refractivity contribution is -0.120. The number of anilines is 2. The molecule has 1 aromatic rings. The molecule has 1 fully saturated rings. The van der Waals surface area contributed by atoms with E-state index in [0.29, 0.717) is 43.1 Å². The van der Waals surface area contributed by atoms with Crippen LogP contribution in [0.15, 0.2) is 18.2 Å². The number of hydrogen-bond donors (Lipinski definition) is 2. The summed E-state index contributed by atoms with van der Waals surface area (Å²) in [6.07, 6.45) is 2.22. The van der Waals surface area contributed by atoms with Crippen molar-refractivity contribution in [2.45, 2.75) is 12.8 Å². The summed E-state index contributed by atoms with van der Waals surface area (Å²) in [6, 6.07) is 5.05. The first kappa shape index (κ1) is 16.6. The minimum atomic E-state index is -3.18. The molecule has 1 aliphatic rings. The fraction of sp³-hybridized carbons (Fsp3) is 0.500. The minimum Gasteiger partial charge on any atom is -0.495 e. The van der Waals surface area contributed by atoms with Crippen molar-refractivity contribution >= 4 is 27.3 Å². The fourth-order valence-electron chi connectivity index (χ4n) is 2.51. The van der Waals surface area contributed by atoms with Crippen LogP contribution in [0.5, 0.6) is 5.75 Å². The first-order chi connectivity index (χ1) is 10.3. The second-order valence-corrected chi connectivity index (χ2v) is 7.36. The van der Waals surface area contributed by atoms with Gasteiger partial charge in [-0.05, 0) is 31.0 Å². The number of amides is 1. The third kappa shape index (κ3) is 3.89. The molecule has 0 radical (unpaired) electrons. The Labute approximate surface area is 130 Å². The van der Waals surface area contributed by atoms with Crippen LogP contribution in [0.1, 0.15) is 12.8 Å². The Bertz CT molecular complexity index is 652. The largest absolute Gasteiger partial charge is 0.495 e. The van der Waals surface area contributed by atoms with E-state index in [1.54, 1.807) is 18.2 Å². The standard InChI is InChI=1S/C14H21N3O4S/c1-21-13-4-3-11(9-12(13)15)16-14(18)10-5-7-17(8-6-10)22(2,19)20/h3-4,9-10H,5-8,15H2,1-2H3,(H,16,18). The van der Waals surface area contributed by atoms with E-state index in [4.69, 9.17) is 10.5 Å². The van der Waals surface area contributed by atoms with Gasteiger partial charge in [-0.3, -0.25) is 4.79 Å².